The van der Waals surface area contributed by atoms with Gasteiger partial charge in [-0.3, -0.25) is 4.79 Å². The predicted octanol–water partition coefficient (Wildman–Crippen LogP) is 1.15. The second-order valence-corrected chi connectivity index (χ2v) is 4.21. The molecule has 0 bridgehead atoms. The summed E-state index contributed by atoms with van der Waals surface area (Å²) >= 11 is 0. The van der Waals surface area contributed by atoms with Crippen molar-refractivity contribution in [3.63, 3.8) is 0 Å². The van der Waals surface area contributed by atoms with Crippen LogP contribution < -0.4 is 14.8 Å². The van der Waals surface area contributed by atoms with Crippen LogP contribution in [0.1, 0.15) is 12.5 Å². The van der Waals surface area contributed by atoms with Crippen LogP contribution in [-0.4, -0.2) is 38.9 Å². The van der Waals surface area contributed by atoms with E-state index >= 15 is 0 Å². The number of carbonyl (C=O) groups is 1. The standard InChI is InChI=1S/C14H19NO4/c1-2-17-14(16)10-15-6-5-11-3-4-12-13(9-11)19-8-7-18-12/h3-4,9,15H,2,5-8,10H2,1H3. The van der Waals surface area contributed by atoms with Gasteiger partial charge in [0.05, 0.1) is 13.2 Å². The molecule has 0 saturated carbocycles. The van der Waals surface area contributed by atoms with Crippen LogP contribution in [0.4, 0.5) is 0 Å². The first-order valence-corrected chi connectivity index (χ1v) is 6.54. The predicted molar refractivity (Wildman–Crippen MR) is 70.6 cm³/mol. The highest BCUT2D eigenvalue weighted by Crippen LogP contribution is 2.30. The Hall–Kier alpha value is -1.75. The zero-order valence-corrected chi connectivity index (χ0v) is 11.1. The molecule has 104 valence electrons. The fraction of sp³-hybridized carbons (Fsp3) is 0.500. The number of benzene rings is 1. The van der Waals surface area contributed by atoms with Crippen molar-refractivity contribution in [1.82, 2.24) is 5.32 Å². The van der Waals surface area contributed by atoms with Crippen LogP contribution in [0.5, 0.6) is 11.5 Å². The quantitative estimate of drug-likeness (QED) is 0.618. The second-order valence-electron chi connectivity index (χ2n) is 4.21. The third kappa shape index (κ3) is 4.13. The minimum atomic E-state index is -0.218. The van der Waals surface area contributed by atoms with Crippen LogP contribution in [0, 0.1) is 0 Å². The van der Waals surface area contributed by atoms with E-state index in [4.69, 9.17) is 14.2 Å². The molecule has 0 spiro atoms. The molecule has 1 N–H and O–H groups in total. The van der Waals surface area contributed by atoms with Crippen molar-refractivity contribution in [2.45, 2.75) is 13.3 Å². The molecule has 5 heteroatoms. The molecule has 1 aromatic rings. The Bertz CT molecular complexity index is 433. The van der Waals surface area contributed by atoms with Crippen molar-refractivity contribution >= 4 is 5.97 Å². The van der Waals surface area contributed by atoms with E-state index in [1.807, 2.05) is 18.2 Å². The van der Waals surface area contributed by atoms with Gasteiger partial charge >= 0.3 is 5.97 Å². The number of nitrogens with one attached hydrogen (secondary N) is 1. The van der Waals surface area contributed by atoms with Gasteiger partial charge in [-0.15, -0.1) is 0 Å². The molecule has 0 aromatic heterocycles. The number of rotatable bonds is 6. The Labute approximate surface area is 112 Å². The molecule has 1 aromatic carbocycles. The van der Waals surface area contributed by atoms with E-state index in [0.29, 0.717) is 19.8 Å². The molecule has 0 radical (unpaired) electrons. The van der Waals surface area contributed by atoms with E-state index in [2.05, 4.69) is 5.32 Å². The van der Waals surface area contributed by atoms with Gasteiger partial charge in [0.15, 0.2) is 11.5 Å². The summed E-state index contributed by atoms with van der Waals surface area (Å²) in [6.07, 6.45) is 0.829. The minimum absolute atomic E-state index is 0.218. The lowest BCUT2D eigenvalue weighted by molar-refractivity contribution is -0.141. The normalized spacial score (nSPS) is 13.1. The van der Waals surface area contributed by atoms with E-state index in [-0.39, 0.29) is 12.5 Å². The Kier molecular flexibility index (Phi) is 5.03. The summed E-state index contributed by atoms with van der Waals surface area (Å²) in [7, 11) is 0. The molecular weight excluding hydrogens is 246 g/mol. The molecular formula is C14H19NO4. The maximum absolute atomic E-state index is 11.1. The molecule has 0 aliphatic carbocycles. The molecule has 2 rings (SSSR count). The Morgan fingerprint density at radius 3 is 2.89 bits per heavy atom. The number of carbonyl (C=O) groups excluding carboxylic acids is 1. The zero-order valence-electron chi connectivity index (χ0n) is 11.1. The van der Waals surface area contributed by atoms with Crippen LogP contribution in [-0.2, 0) is 16.0 Å². The SMILES string of the molecule is CCOC(=O)CNCCc1ccc2c(c1)OCCO2. The summed E-state index contributed by atoms with van der Waals surface area (Å²) in [5, 5.41) is 3.05. The molecule has 0 saturated heterocycles. The first kappa shape index (κ1) is 13.7. The zero-order chi connectivity index (χ0) is 13.5. The number of ether oxygens (including phenoxy) is 3. The third-order valence-electron chi connectivity index (χ3n) is 2.77. The van der Waals surface area contributed by atoms with E-state index < -0.39 is 0 Å². The number of esters is 1. The summed E-state index contributed by atoms with van der Waals surface area (Å²) in [6, 6.07) is 5.93. The first-order chi connectivity index (χ1) is 9.29. The average molecular weight is 265 g/mol. The molecule has 0 unspecified atom stereocenters. The summed E-state index contributed by atoms with van der Waals surface area (Å²) in [5.74, 6) is 1.38. The lowest BCUT2D eigenvalue weighted by Crippen LogP contribution is -2.26. The monoisotopic (exact) mass is 265 g/mol. The molecule has 1 aliphatic heterocycles. The van der Waals surface area contributed by atoms with Crippen LogP contribution >= 0.6 is 0 Å². The lowest BCUT2D eigenvalue weighted by atomic mass is 10.1. The van der Waals surface area contributed by atoms with Crippen molar-refractivity contribution in [3.05, 3.63) is 23.8 Å². The van der Waals surface area contributed by atoms with Gasteiger partial charge in [-0.25, -0.2) is 0 Å². The van der Waals surface area contributed by atoms with Gasteiger partial charge in [-0.05, 0) is 37.6 Å². The molecule has 0 amide bonds. The molecule has 5 nitrogen and oxygen atoms in total. The van der Waals surface area contributed by atoms with Crippen LogP contribution in [0.2, 0.25) is 0 Å². The van der Waals surface area contributed by atoms with E-state index in [9.17, 15) is 4.79 Å². The summed E-state index contributed by atoms with van der Waals surface area (Å²) in [5.41, 5.74) is 1.15. The van der Waals surface area contributed by atoms with Crippen LogP contribution in [0.3, 0.4) is 0 Å². The first-order valence-electron chi connectivity index (χ1n) is 6.54. The maximum Gasteiger partial charge on any atom is 0.319 e. The Morgan fingerprint density at radius 1 is 1.32 bits per heavy atom. The fourth-order valence-electron chi connectivity index (χ4n) is 1.88. The van der Waals surface area contributed by atoms with E-state index in [0.717, 1.165) is 30.0 Å². The molecule has 1 heterocycles. The van der Waals surface area contributed by atoms with Gasteiger partial charge in [0.25, 0.3) is 0 Å². The number of fused-ring (bicyclic) bond motifs is 1. The summed E-state index contributed by atoms with van der Waals surface area (Å²) < 4.78 is 15.8. The third-order valence-corrected chi connectivity index (χ3v) is 2.77. The van der Waals surface area contributed by atoms with Gasteiger partial charge in [0, 0.05) is 0 Å². The highest BCUT2D eigenvalue weighted by Gasteiger charge is 2.11. The number of hydrogen-bond acceptors (Lipinski definition) is 5. The second kappa shape index (κ2) is 6.99. The highest BCUT2D eigenvalue weighted by molar-refractivity contribution is 5.71. The molecule has 1 aliphatic rings. The molecule has 0 atom stereocenters. The lowest BCUT2D eigenvalue weighted by Gasteiger charge is -2.18. The molecule has 19 heavy (non-hydrogen) atoms. The maximum atomic E-state index is 11.1. The smallest absolute Gasteiger partial charge is 0.319 e. The van der Waals surface area contributed by atoms with Gasteiger partial charge < -0.3 is 19.5 Å². The van der Waals surface area contributed by atoms with Crippen molar-refractivity contribution in [2.75, 3.05) is 32.9 Å². The summed E-state index contributed by atoms with van der Waals surface area (Å²) in [4.78, 5) is 11.1. The van der Waals surface area contributed by atoms with Crippen LogP contribution in [0.25, 0.3) is 0 Å². The topological polar surface area (TPSA) is 56.8 Å². The largest absolute Gasteiger partial charge is 0.486 e. The van der Waals surface area contributed by atoms with Crippen LogP contribution in [0.15, 0.2) is 18.2 Å². The van der Waals surface area contributed by atoms with Crippen molar-refractivity contribution < 1.29 is 19.0 Å². The summed E-state index contributed by atoms with van der Waals surface area (Å²) in [6.45, 7) is 4.39. The average Bonchev–Trinajstić information content (AvgIpc) is 2.44. The minimum Gasteiger partial charge on any atom is -0.486 e. The van der Waals surface area contributed by atoms with Gasteiger partial charge in [0.1, 0.15) is 13.2 Å². The van der Waals surface area contributed by atoms with Gasteiger partial charge in [-0.2, -0.15) is 0 Å². The van der Waals surface area contributed by atoms with Crippen molar-refractivity contribution in [1.29, 1.82) is 0 Å². The highest BCUT2D eigenvalue weighted by atomic mass is 16.6. The Balaban J connectivity index is 1.75. The van der Waals surface area contributed by atoms with E-state index in [1.165, 1.54) is 0 Å². The fourth-order valence-corrected chi connectivity index (χ4v) is 1.88. The number of hydrogen-bond donors (Lipinski definition) is 1. The van der Waals surface area contributed by atoms with Crippen molar-refractivity contribution in [3.8, 4) is 11.5 Å². The van der Waals surface area contributed by atoms with Crippen molar-refractivity contribution in [2.24, 2.45) is 0 Å². The molecule has 0 fully saturated rings. The van der Waals surface area contributed by atoms with Gasteiger partial charge in [0.2, 0.25) is 0 Å². The Morgan fingerprint density at radius 2 is 2.11 bits per heavy atom. The van der Waals surface area contributed by atoms with E-state index in [1.54, 1.807) is 6.92 Å². The van der Waals surface area contributed by atoms with Gasteiger partial charge in [-0.1, -0.05) is 6.07 Å².